The van der Waals surface area contributed by atoms with Gasteiger partial charge >= 0.3 is 6.03 Å². The number of carbonyl (C=O) groups excluding carboxylic acids is 1. The highest BCUT2D eigenvalue weighted by Crippen LogP contribution is 2.35. The molecule has 2 aliphatic rings. The SMILES string of the molecule is CC1CCC(NC(=O)Nc2ccc(C3CCOCC3)c(-c3nn[nH]n3)c2)CC1. The van der Waals surface area contributed by atoms with Crippen LogP contribution < -0.4 is 10.6 Å². The van der Waals surface area contributed by atoms with Crippen LogP contribution in [0, 0.1) is 5.92 Å². The first-order chi connectivity index (χ1) is 13.7. The molecular weight excluding hydrogens is 356 g/mol. The van der Waals surface area contributed by atoms with Gasteiger partial charge in [0.05, 0.1) is 0 Å². The number of H-pyrrole nitrogens is 1. The molecule has 2 aromatic rings. The van der Waals surface area contributed by atoms with Crippen molar-refractivity contribution in [3.63, 3.8) is 0 Å². The molecule has 2 amide bonds. The molecule has 0 atom stereocenters. The number of ether oxygens (including phenoxy) is 1. The van der Waals surface area contributed by atoms with Gasteiger partial charge in [0.2, 0.25) is 5.82 Å². The number of nitrogens with zero attached hydrogens (tertiary/aromatic N) is 3. The summed E-state index contributed by atoms with van der Waals surface area (Å²) in [6.07, 6.45) is 6.38. The van der Waals surface area contributed by atoms with E-state index in [1.54, 1.807) is 0 Å². The molecule has 1 aliphatic carbocycles. The smallest absolute Gasteiger partial charge is 0.319 e. The van der Waals surface area contributed by atoms with Crippen molar-refractivity contribution in [2.75, 3.05) is 18.5 Å². The fourth-order valence-corrected chi connectivity index (χ4v) is 4.23. The summed E-state index contributed by atoms with van der Waals surface area (Å²) in [6.45, 7) is 3.80. The highest BCUT2D eigenvalue weighted by Gasteiger charge is 2.23. The van der Waals surface area contributed by atoms with Crippen molar-refractivity contribution >= 4 is 11.7 Å². The zero-order valence-corrected chi connectivity index (χ0v) is 16.3. The van der Waals surface area contributed by atoms with Crippen molar-refractivity contribution in [2.24, 2.45) is 5.92 Å². The zero-order valence-electron chi connectivity index (χ0n) is 16.3. The number of aromatic amines is 1. The quantitative estimate of drug-likeness (QED) is 0.749. The van der Waals surface area contributed by atoms with Gasteiger partial charge in [-0.3, -0.25) is 0 Å². The van der Waals surface area contributed by atoms with Crippen LogP contribution in [0.2, 0.25) is 0 Å². The second-order valence-electron chi connectivity index (χ2n) is 7.98. The predicted octanol–water partition coefficient (Wildman–Crippen LogP) is 3.46. The highest BCUT2D eigenvalue weighted by molar-refractivity contribution is 5.90. The Kier molecular flexibility index (Phi) is 5.85. The van der Waals surface area contributed by atoms with Crippen molar-refractivity contribution in [1.29, 1.82) is 0 Å². The normalized spacial score (nSPS) is 23.3. The first-order valence-corrected chi connectivity index (χ1v) is 10.2. The third kappa shape index (κ3) is 4.49. The zero-order chi connectivity index (χ0) is 19.3. The first-order valence-electron chi connectivity index (χ1n) is 10.2. The van der Waals surface area contributed by atoms with Gasteiger partial charge in [0.15, 0.2) is 0 Å². The molecule has 150 valence electrons. The number of hydrogen-bond donors (Lipinski definition) is 3. The number of carbonyl (C=O) groups is 1. The molecule has 8 heteroatoms. The third-order valence-corrected chi connectivity index (χ3v) is 5.91. The number of aromatic nitrogens is 4. The van der Waals surface area contributed by atoms with Gasteiger partial charge in [-0.05, 0) is 73.3 Å². The molecule has 0 spiro atoms. The molecule has 1 aromatic carbocycles. The molecule has 1 aliphatic heterocycles. The maximum Gasteiger partial charge on any atom is 0.319 e. The van der Waals surface area contributed by atoms with Crippen LogP contribution in [0.15, 0.2) is 18.2 Å². The van der Waals surface area contributed by atoms with Crippen LogP contribution in [0.3, 0.4) is 0 Å². The predicted molar refractivity (Wildman–Crippen MR) is 106 cm³/mol. The van der Waals surface area contributed by atoms with E-state index in [0.29, 0.717) is 11.7 Å². The number of anilines is 1. The van der Waals surface area contributed by atoms with Crippen LogP contribution in [0.4, 0.5) is 10.5 Å². The molecular formula is C20H28N6O2. The number of nitrogens with one attached hydrogen (secondary N) is 3. The molecule has 8 nitrogen and oxygen atoms in total. The van der Waals surface area contributed by atoms with Crippen LogP contribution in [-0.2, 0) is 4.74 Å². The minimum Gasteiger partial charge on any atom is -0.381 e. The van der Waals surface area contributed by atoms with E-state index >= 15 is 0 Å². The van der Waals surface area contributed by atoms with Crippen molar-refractivity contribution in [3.05, 3.63) is 23.8 Å². The van der Waals surface area contributed by atoms with Crippen molar-refractivity contribution in [3.8, 4) is 11.4 Å². The lowest BCUT2D eigenvalue weighted by Crippen LogP contribution is -2.39. The van der Waals surface area contributed by atoms with E-state index < -0.39 is 0 Å². The summed E-state index contributed by atoms with van der Waals surface area (Å²) in [7, 11) is 0. The summed E-state index contributed by atoms with van der Waals surface area (Å²) in [5, 5.41) is 20.6. The number of rotatable bonds is 4. The molecule has 3 N–H and O–H groups in total. The lowest BCUT2D eigenvalue weighted by Gasteiger charge is -2.27. The summed E-state index contributed by atoms with van der Waals surface area (Å²) in [4.78, 5) is 12.5. The van der Waals surface area contributed by atoms with E-state index in [1.165, 1.54) is 18.4 Å². The lowest BCUT2D eigenvalue weighted by atomic mass is 9.87. The van der Waals surface area contributed by atoms with E-state index in [-0.39, 0.29) is 12.1 Å². The number of tetrazole rings is 1. The molecule has 1 aromatic heterocycles. The Labute approximate surface area is 164 Å². The molecule has 4 rings (SSSR count). The van der Waals surface area contributed by atoms with E-state index in [2.05, 4.69) is 44.2 Å². The molecule has 2 fully saturated rings. The van der Waals surface area contributed by atoms with Crippen LogP contribution in [-0.4, -0.2) is 45.9 Å². The van der Waals surface area contributed by atoms with E-state index in [0.717, 1.165) is 56.1 Å². The van der Waals surface area contributed by atoms with Crippen LogP contribution in [0.5, 0.6) is 0 Å². The van der Waals surface area contributed by atoms with Crippen molar-refractivity contribution in [2.45, 2.75) is 57.4 Å². The maximum absolute atomic E-state index is 12.5. The molecule has 0 bridgehead atoms. The highest BCUT2D eigenvalue weighted by atomic mass is 16.5. The Morgan fingerprint density at radius 1 is 1.14 bits per heavy atom. The summed E-state index contributed by atoms with van der Waals surface area (Å²) >= 11 is 0. The lowest BCUT2D eigenvalue weighted by molar-refractivity contribution is 0.0854. The van der Waals surface area contributed by atoms with Crippen molar-refractivity contribution < 1.29 is 9.53 Å². The monoisotopic (exact) mass is 384 g/mol. The third-order valence-electron chi connectivity index (χ3n) is 5.91. The van der Waals surface area contributed by atoms with Gasteiger partial charge in [0.1, 0.15) is 0 Å². The second-order valence-corrected chi connectivity index (χ2v) is 7.98. The van der Waals surface area contributed by atoms with Gasteiger partial charge in [-0.2, -0.15) is 5.21 Å². The molecule has 0 radical (unpaired) electrons. The molecule has 0 unspecified atom stereocenters. The average molecular weight is 384 g/mol. The second kappa shape index (κ2) is 8.68. The molecule has 1 saturated carbocycles. The Balaban J connectivity index is 1.48. The Hall–Kier alpha value is -2.48. The van der Waals surface area contributed by atoms with Gasteiger partial charge in [0.25, 0.3) is 0 Å². The Morgan fingerprint density at radius 2 is 1.93 bits per heavy atom. The van der Waals surface area contributed by atoms with Crippen LogP contribution in [0.1, 0.15) is 56.9 Å². The van der Waals surface area contributed by atoms with E-state index in [4.69, 9.17) is 4.74 Å². The summed E-state index contributed by atoms with van der Waals surface area (Å²) in [6, 6.07) is 6.07. The van der Waals surface area contributed by atoms with E-state index in [9.17, 15) is 4.79 Å². The van der Waals surface area contributed by atoms with Gasteiger partial charge in [-0.15, -0.1) is 10.2 Å². The minimum absolute atomic E-state index is 0.155. The first kappa shape index (κ1) is 18.9. The maximum atomic E-state index is 12.5. The molecule has 28 heavy (non-hydrogen) atoms. The average Bonchev–Trinajstić information content (AvgIpc) is 3.25. The topological polar surface area (TPSA) is 105 Å². The van der Waals surface area contributed by atoms with Gasteiger partial charge in [0, 0.05) is 30.5 Å². The summed E-state index contributed by atoms with van der Waals surface area (Å²) in [5.41, 5.74) is 2.82. The van der Waals surface area contributed by atoms with Gasteiger partial charge in [-0.1, -0.05) is 13.0 Å². The number of hydrogen-bond acceptors (Lipinski definition) is 5. The van der Waals surface area contributed by atoms with Crippen molar-refractivity contribution in [1.82, 2.24) is 25.9 Å². The van der Waals surface area contributed by atoms with Gasteiger partial charge in [-0.25, -0.2) is 4.79 Å². The Bertz CT molecular complexity index is 780. The largest absolute Gasteiger partial charge is 0.381 e. The molecule has 2 heterocycles. The minimum atomic E-state index is -0.155. The number of urea groups is 1. The fourth-order valence-electron chi connectivity index (χ4n) is 4.23. The fraction of sp³-hybridized carbons (Fsp3) is 0.600. The van der Waals surface area contributed by atoms with Crippen LogP contribution >= 0.6 is 0 Å². The summed E-state index contributed by atoms with van der Waals surface area (Å²) in [5.74, 6) is 1.71. The van der Waals surface area contributed by atoms with Gasteiger partial charge < -0.3 is 15.4 Å². The summed E-state index contributed by atoms with van der Waals surface area (Å²) < 4.78 is 5.49. The number of amides is 2. The standard InChI is InChI=1S/C20H28N6O2/c1-13-2-4-15(5-3-13)21-20(27)22-16-6-7-17(14-8-10-28-11-9-14)18(12-16)19-23-25-26-24-19/h6-7,12-15H,2-5,8-11H2,1H3,(H2,21,22,27)(H,23,24,25,26). The van der Waals surface area contributed by atoms with E-state index in [1.807, 2.05) is 12.1 Å². The number of benzene rings is 1. The molecule has 1 saturated heterocycles. The van der Waals surface area contributed by atoms with Crippen LogP contribution in [0.25, 0.3) is 11.4 Å². The Morgan fingerprint density at radius 3 is 2.64 bits per heavy atom.